The van der Waals surface area contributed by atoms with E-state index in [0.717, 1.165) is 40.9 Å². The van der Waals surface area contributed by atoms with E-state index in [1.165, 1.54) is 0 Å². The summed E-state index contributed by atoms with van der Waals surface area (Å²) in [4.78, 5) is 18.9. The number of ether oxygens (including phenoxy) is 2. The Hall–Kier alpha value is -2.08. The Labute approximate surface area is 149 Å². The van der Waals surface area contributed by atoms with Crippen LogP contribution in [0.5, 0.6) is 11.5 Å². The lowest BCUT2D eigenvalue weighted by Crippen LogP contribution is -2.30. The molecular weight excluding hydrogens is 372 g/mol. The van der Waals surface area contributed by atoms with E-state index in [1.54, 1.807) is 32.7 Å². The van der Waals surface area contributed by atoms with E-state index in [4.69, 9.17) is 9.47 Å². The number of pyridine rings is 1. The summed E-state index contributed by atoms with van der Waals surface area (Å²) in [6.07, 6.45) is 5.13. The third-order valence-electron chi connectivity index (χ3n) is 4.26. The fourth-order valence-corrected chi connectivity index (χ4v) is 3.49. The summed E-state index contributed by atoms with van der Waals surface area (Å²) >= 11 is 3.37. The second kappa shape index (κ2) is 7.21. The lowest BCUT2D eigenvalue weighted by molar-refractivity contribution is 0.0733. The fraction of sp³-hybridized carbons (Fsp3) is 0.333. The predicted octanol–water partition coefficient (Wildman–Crippen LogP) is 3.84. The van der Waals surface area contributed by atoms with Gasteiger partial charge in [0.25, 0.3) is 5.91 Å². The van der Waals surface area contributed by atoms with Crippen molar-refractivity contribution in [1.29, 1.82) is 0 Å². The summed E-state index contributed by atoms with van der Waals surface area (Å²) in [6, 6.07) is 7.47. The van der Waals surface area contributed by atoms with E-state index >= 15 is 0 Å². The first kappa shape index (κ1) is 16.8. The predicted molar refractivity (Wildman–Crippen MR) is 94.5 cm³/mol. The highest BCUT2D eigenvalue weighted by molar-refractivity contribution is 9.10. The number of rotatable bonds is 4. The maximum absolute atomic E-state index is 12.9. The van der Waals surface area contributed by atoms with Gasteiger partial charge in [-0.25, -0.2) is 0 Å². The number of halogens is 1. The minimum absolute atomic E-state index is 0.0174. The van der Waals surface area contributed by atoms with Crippen molar-refractivity contribution in [2.75, 3.05) is 20.8 Å². The molecule has 1 saturated heterocycles. The quantitative estimate of drug-likeness (QED) is 0.795. The molecule has 0 unspecified atom stereocenters. The van der Waals surface area contributed by atoms with Gasteiger partial charge in [-0.3, -0.25) is 9.78 Å². The molecule has 1 aromatic carbocycles. The van der Waals surface area contributed by atoms with Gasteiger partial charge in [0.1, 0.15) is 11.5 Å². The molecule has 0 N–H and O–H groups in total. The zero-order valence-electron chi connectivity index (χ0n) is 13.7. The molecule has 5 nitrogen and oxygen atoms in total. The molecule has 0 aliphatic carbocycles. The topological polar surface area (TPSA) is 51.7 Å². The van der Waals surface area contributed by atoms with Crippen LogP contribution < -0.4 is 9.47 Å². The van der Waals surface area contributed by atoms with Gasteiger partial charge in [0.15, 0.2) is 0 Å². The molecule has 2 aromatic rings. The van der Waals surface area contributed by atoms with Gasteiger partial charge in [-0.05, 0) is 53.0 Å². The minimum atomic E-state index is -0.0264. The number of carbonyl (C=O) groups is 1. The second-order valence-corrected chi connectivity index (χ2v) is 6.57. The van der Waals surface area contributed by atoms with Crippen LogP contribution in [0.2, 0.25) is 0 Å². The Kier molecular flexibility index (Phi) is 5.04. The average Bonchev–Trinajstić information content (AvgIpc) is 3.10. The molecule has 0 bridgehead atoms. The number of aromatic nitrogens is 1. The molecule has 1 aliphatic heterocycles. The smallest absolute Gasteiger partial charge is 0.255 e. The Morgan fingerprint density at radius 1 is 1.25 bits per heavy atom. The number of hydrogen-bond donors (Lipinski definition) is 0. The molecule has 6 heteroatoms. The molecule has 1 aliphatic rings. The molecule has 2 heterocycles. The Morgan fingerprint density at radius 3 is 2.79 bits per heavy atom. The lowest BCUT2D eigenvalue weighted by Gasteiger charge is -2.26. The normalized spacial score (nSPS) is 17.0. The van der Waals surface area contributed by atoms with Crippen molar-refractivity contribution < 1.29 is 14.3 Å². The number of carbonyl (C=O) groups excluding carboxylic acids is 1. The SMILES string of the molecule is COc1ccc(OC)c([C@H]2CCCN2C(=O)c2cncc(Br)c2)c1. The van der Waals surface area contributed by atoms with E-state index in [0.29, 0.717) is 5.56 Å². The van der Waals surface area contributed by atoms with E-state index in [-0.39, 0.29) is 11.9 Å². The molecule has 1 amide bonds. The molecule has 126 valence electrons. The van der Waals surface area contributed by atoms with Gasteiger partial charge in [0.05, 0.1) is 25.8 Å². The summed E-state index contributed by atoms with van der Waals surface area (Å²) in [6.45, 7) is 0.719. The molecule has 1 atom stereocenters. The summed E-state index contributed by atoms with van der Waals surface area (Å²) in [5, 5.41) is 0. The van der Waals surface area contributed by atoms with E-state index in [2.05, 4.69) is 20.9 Å². The number of hydrogen-bond acceptors (Lipinski definition) is 4. The number of benzene rings is 1. The van der Waals surface area contributed by atoms with Crippen LogP contribution in [-0.4, -0.2) is 36.6 Å². The van der Waals surface area contributed by atoms with E-state index in [9.17, 15) is 4.79 Å². The van der Waals surface area contributed by atoms with Crippen molar-refractivity contribution in [3.63, 3.8) is 0 Å². The van der Waals surface area contributed by atoms with Gasteiger partial charge in [-0.2, -0.15) is 0 Å². The molecule has 3 rings (SSSR count). The Morgan fingerprint density at radius 2 is 2.08 bits per heavy atom. The monoisotopic (exact) mass is 390 g/mol. The maximum Gasteiger partial charge on any atom is 0.255 e. The molecule has 1 fully saturated rings. The molecule has 0 spiro atoms. The van der Waals surface area contributed by atoms with Crippen molar-refractivity contribution in [3.8, 4) is 11.5 Å². The van der Waals surface area contributed by atoms with Crippen molar-refractivity contribution in [2.24, 2.45) is 0 Å². The molecule has 1 aromatic heterocycles. The van der Waals surface area contributed by atoms with Crippen LogP contribution >= 0.6 is 15.9 Å². The van der Waals surface area contributed by atoms with Crippen molar-refractivity contribution in [2.45, 2.75) is 18.9 Å². The van der Waals surface area contributed by atoms with E-state index < -0.39 is 0 Å². The van der Waals surface area contributed by atoms with Gasteiger partial charge >= 0.3 is 0 Å². The van der Waals surface area contributed by atoms with Crippen molar-refractivity contribution in [3.05, 3.63) is 52.3 Å². The van der Waals surface area contributed by atoms with Crippen LogP contribution in [0.25, 0.3) is 0 Å². The Balaban J connectivity index is 1.95. The van der Waals surface area contributed by atoms with Crippen LogP contribution in [0.4, 0.5) is 0 Å². The Bertz CT molecular complexity index is 751. The zero-order valence-corrected chi connectivity index (χ0v) is 15.2. The highest BCUT2D eigenvalue weighted by Gasteiger charge is 2.32. The minimum Gasteiger partial charge on any atom is -0.497 e. The fourth-order valence-electron chi connectivity index (χ4n) is 3.13. The average molecular weight is 391 g/mol. The van der Waals surface area contributed by atoms with Crippen molar-refractivity contribution >= 4 is 21.8 Å². The van der Waals surface area contributed by atoms with Gasteiger partial charge < -0.3 is 14.4 Å². The summed E-state index contributed by atoms with van der Waals surface area (Å²) in [5.41, 5.74) is 1.56. The largest absolute Gasteiger partial charge is 0.497 e. The highest BCUT2D eigenvalue weighted by Crippen LogP contribution is 2.39. The van der Waals surface area contributed by atoms with Crippen molar-refractivity contribution in [1.82, 2.24) is 9.88 Å². The summed E-state index contributed by atoms with van der Waals surface area (Å²) in [5.74, 6) is 1.51. The van der Waals surface area contributed by atoms with Crippen LogP contribution in [0.3, 0.4) is 0 Å². The van der Waals surface area contributed by atoms with Gasteiger partial charge in [0.2, 0.25) is 0 Å². The molecular formula is C18H19BrN2O3. The zero-order chi connectivity index (χ0) is 17.1. The standard InChI is InChI=1S/C18H19BrN2O3/c1-23-14-5-6-17(24-2)15(9-14)16-4-3-7-21(16)18(22)12-8-13(19)11-20-10-12/h5-6,8-11,16H,3-4,7H2,1-2H3/t16-/m1/s1. The lowest BCUT2D eigenvalue weighted by atomic mass is 10.0. The van der Waals surface area contributed by atoms with Crippen LogP contribution in [0, 0.1) is 0 Å². The van der Waals surface area contributed by atoms with Crippen LogP contribution in [-0.2, 0) is 0 Å². The maximum atomic E-state index is 12.9. The number of likely N-dealkylation sites (tertiary alicyclic amines) is 1. The first-order valence-corrected chi connectivity index (χ1v) is 8.56. The van der Waals surface area contributed by atoms with Gasteiger partial charge in [-0.15, -0.1) is 0 Å². The molecule has 0 saturated carbocycles. The second-order valence-electron chi connectivity index (χ2n) is 5.66. The number of nitrogens with zero attached hydrogens (tertiary/aromatic N) is 2. The third-order valence-corrected chi connectivity index (χ3v) is 4.70. The van der Waals surface area contributed by atoms with Crippen LogP contribution in [0.15, 0.2) is 41.1 Å². The number of amides is 1. The van der Waals surface area contributed by atoms with E-state index in [1.807, 2.05) is 23.1 Å². The molecule has 0 radical (unpaired) electrons. The van der Waals surface area contributed by atoms with Gasteiger partial charge in [-0.1, -0.05) is 0 Å². The third kappa shape index (κ3) is 3.24. The molecule has 24 heavy (non-hydrogen) atoms. The summed E-state index contributed by atoms with van der Waals surface area (Å²) in [7, 11) is 3.28. The first-order valence-electron chi connectivity index (χ1n) is 7.77. The number of methoxy groups -OCH3 is 2. The van der Waals surface area contributed by atoms with Gasteiger partial charge in [0, 0.05) is 29.0 Å². The van der Waals surface area contributed by atoms with Crippen LogP contribution in [0.1, 0.15) is 34.8 Å². The highest BCUT2D eigenvalue weighted by atomic mass is 79.9. The summed E-state index contributed by atoms with van der Waals surface area (Å²) < 4.78 is 11.6. The first-order chi connectivity index (χ1) is 11.6.